The Bertz CT molecular complexity index is 1220. The van der Waals surface area contributed by atoms with Crippen LogP contribution >= 0.6 is 0 Å². The van der Waals surface area contributed by atoms with Crippen molar-refractivity contribution < 1.29 is 4.79 Å². The molecule has 7 nitrogen and oxygen atoms in total. The zero-order valence-electron chi connectivity index (χ0n) is 24.1. The molecule has 1 aliphatic carbocycles. The Labute approximate surface area is 233 Å². The summed E-state index contributed by atoms with van der Waals surface area (Å²) in [5, 5.41) is 10.2. The van der Waals surface area contributed by atoms with Gasteiger partial charge in [0.15, 0.2) is 0 Å². The molecule has 1 aliphatic rings. The van der Waals surface area contributed by atoms with E-state index in [1.165, 1.54) is 16.7 Å². The molecule has 1 saturated carbocycles. The van der Waals surface area contributed by atoms with Crippen LogP contribution < -0.4 is 16.0 Å². The van der Waals surface area contributed by atoms with Crippen molar-refractivity contribution in [3.63, 3.8) is 0 Å². The highest BCUT2D eigenvalue weighted by molar-refractivity contribution is 5.83. The highest BCUT2D eigenvalue weighted by Gasteiger charge is 2.30. The van der Waals surface area contributed by atoms with Gasteiger partial charge < -0.3 is 16.0 Å². The van der Waals surface area contributed by atoms with Gasteiger partial charge in [-0.05, 0) is 73.6 Å². The fourth-order valence-corrected chi connectivity index (χ4v) is 5.15. The lowest BCUT2D eigenvalue weighted by atomic mass is 9.75. The minimum absolute atomic E-state index is 0.145. The molecule has 1 aromatic heterocycles. The van der Waals surface area contributed by atoms with Crippen molar-refractivity contribution in [1.82, 2.24) is 15.0 Å². The Morgan fingerprint density at radius 3 is 2.05 bits per heavy atom. The lowest BCUT2D eigenvalue weighted by Crippen LogP contribution is -2.30. The first-order valence-corrected chi connectivity index (χ1v) is 14.4. The number of anilines is 3. The average molecular weight is 529 g/mol. The fourth-order valence-electron chi connectivity index (χ4n) is 5.15. The molecule has 1 fully saturated rings. The van der Waals surface area contributed by atoms with Crippen molar-refractivity contribution >= 4 is 23.6 Å². The Kier molecular flexibility index (Phi) is 9.90. The lowest BCUT2D eigenvalue weighted by Gasteiger charge is -2.30. The van der Waals surface area contributed by atoms with Crippen LogP contribution in [0, 0.1) is 37.5 Å². The molecule has 0 aliphatic heterocycles. The van der Waals surface area contributed by atoms with E-state index in [0.717, 1.165) is 37.8 Å². The highest BCUT2D eigenvalue weighted by atomic mass is 16.1. The van der Waals surface area contributed by atoms with Crippen LogP contribution in [0.1, 0.15) is 68.7 Å². The van der Waals surface area contributed by atoms with Gasteiger partial charge >= 0.3 is 0 Å². The number of carbonyl (C=O) groups is 1. The van der Waals surface area contributed by atoms with Gasteiger partial charge in [-0.15, -0.1) is 0 Å². The van der Waals surface area contributed by atoms with Gasteiger partial charge in [-0.3, -0.25) is 4.79 Å². The molecule has 3 N–H and O–H groups in total. The van der Waals surface area contributed by atoms with Crippen molar-refractivity contribution in [2.75, 3.05) is 22.5 Å². The maximum Gasteiger partial charge on any atom is 0.229 e. The maximum atomic E-state index is 12.8. The first-order chi connectivity index (χ1) is 18.8. The third kappa shape index (κ3) is 8.01. The minimum atomic E-state index is 0.145. The Morgan fingerprint density at radius 1 is 0.795 bits per heavy atom. The first kappa shape index (κ1) is 28.5. The van der Waals surface area contributed by atoms with E-state index in [9.17, 15) is 4.79 Å². The normalized spacial score (nSPS) is 18.0. The quantitative estimate of drug-likeness (QED) is 0.238. The van der Waals surface area contributed by atoms with Crippen LogP contribution in [0.15, 0.2) is 48.5 Å². The molecular weight excluding hydrogens is 484 g/mol. The van der Waals surface area contributed by atoms with E-state index in [-0.39, 0.29) is 11.8 Å². The van der Waals surface area contributed by atoms with Crippen LogP contribution in [0.3, 0.4) is 0 Å². The largest absolute Gasteiger partial charge is 0.354 e. The molecule has 208 valence electrons. The number of hydrogen-bond donors (Lipinski definition) is 3. The van der Waals surface area contributed by atoms with Crippen LogP contribution in [0.25, 0.3) is 0 Å². The van der Waals surface area contributed by atoms with E-state index in [0.29, 0.717) is 48.6 Å². The molecular formula is C32H44N6O. The fraction of sp³-hybridized carbons (Fsp3) is 0.500. The summed E-state index contributed by atoms with van der Waals surface area (Å²) in [4.78, 5) is 26.8. The summed E-state index contributed by atoms with van der Waals surface area (Å²) < 4.78 is 0. The summed E-state index contributed by atoms with van der Waals surface area (Å²) >= 11 is 0. The Balaban J connectivity index is 1.40. The number of nitrogens with zero attached hydrogens (tertiary/aromatic N) is 3. The number of rotatable bonds is 12. The number of nitrogens with one attached hydrogen (secondary N) is 3. The molecule has 4 rings (SSSR count). The van der Waals surface area contributed by atoms with Crippen LogP contribution in [0.4, 0.5) is 17.8 Å². The molecule has 1 unspecified atom stereocenters. The second-order valence-corrected chi connectivity index (χ2v) is 11.4. The van der Waals surface area contributed by atoms with E-state index in [1.54, 1.807) is 0 Å². The topological polar surface area (TPSA) is 91.8 Å². The van der Waals surface area contributed by atoms with Crippen molar-refractivity contribution in [3.8, 4) is 0 Å². The number of benzene rings is 2. The SMILES string of the molecule is Cc1cccc(CNc2nc(NCc3ccccc3)nc(NCC3CCC(C(=O)C(C)C(C)C)CC3)n2)c1C. The average Bonchev–Trinajstić information content (AvgIpc) is 2.95. The predicted octanol–water partition coefficient (Wildman–Crippen LogP) is 6.79. The summed E-state index contributed by atoms with van der Waals surface area (Å²) in [6, 6.07) is 16.6. The van der Waals surface area contributed by atoms with Crippen LogP contribution in [0.5, 0.6) is 0 Å². The summed E-state index contributed by atoms with van der Waals surface area (Å²) in [5.74, 6) is 3.36. The third-order valence-electron chi connectivity index (χ3n) is 8.33. The van der Waals surface area contributed by atoms with Gasteiger partial charge in [0.25, 0.3) is 0 Å². The van der Waals surface area contributed by atoms with E-state index in [4.69, 9.17) is 0 Å². The highest BCUT2D eigenvalue weighted by Crippen LogP contribution is 2.32. The molecule has 7 heteroatoms. The van der Waals surface area contributed by atoms with Gasteiger partial charge in [0.1, 0.15) is 5.78 Å². The van der Waals surface area contributed by atoms with Crippen LogP contribution in [0.2, 0.25) is 0 Å². The molecule has 0 spiro atoms. The number of Topliss-reactive ketones (excluding diaryl/α,β-unsaturated/α-hetero) is 1. The van der Waals surface area contributed by atoms with Crippen molar-refractivity contribution in [1.29, 1.82) is 0 Å². The summed E-state index contributed by atoms with van der Waals surface area (Å²) in [7, 11) is 0. The van der Waals surface area contributed by atoms with E-state index < -0.39 is 0 Å². The molecule has 3 aromatic rings. The molecule has 2 aromatic carbocycles. The monoisotopic (exact) mass is 528 g/mol. The predicted molar refractivity (Wildman–Crippen MR) is 160 cm³/mol. The second-order valence-electron chi connectivity index (χ2n) is 11.4. The zero-order valence-corrected chi connectivity index (χ0v) is 24.1. The van der Waals surface area contributed by atoms with Gasteiger partial charge in [0, 0.05) is 31.5 Å². The molecule has 39 heavy (non-hydrogen) atoms. The number of ketones is 1. The van der Waals surface area contributed by atoms with Gasteiger partial charge in [0.2, 0.25) is 17.8 Å². The van der Waals surface area contributed by atoms with Gasteiger partial charge in [0.05, 0.1) is 0 Å². The van der Waals surface area contributed by atoms with Crippen molar-refractivity contribution in [3.05, 3.63) is 70.8 Å². The number of aryl methyl sites for hydroxylation is 1. The number of aromatic nitrogens is 3. The molecule has 0 saturated heterocycles. The summed E-state index contributed by atoms with van der Waals surface area (Å²) in [5.41, 5.74) is 4.93. The van der Waals surface area contributed by atoms with Crippen LogP contribution in [-0.2, 0) is 17.9 Å². The molecule has 1 heterocycles. The summed E-state index contributed by atoms with van der Waals surface area (Å²) in [6.07, 6.45) is 4.06. The molecule has 0 amide bonds. The van der Waals surface area contributed by atoms with E-state index >= 15 is 0 Å². The number of hydrogen-bond acceptors (Lipinski definition) is 7. The van der Waals surface area contributed by atoms with E-state index in [2.05, 4.69) is 95.9 Å². The Morgan fingerprint density at radius 2 is 1.41 bits per heavy atom. The standard InChI is InChI=1S/C32H44N6O/c1-21(2)23(4)29(39)27-16-14-26(15-17-27)19-34-31-36-30(33-18-25-11-7-6-8-12-25)37-32(38-31)35-20-28-13-9-10-22(3)24(28)5/h6-13,21,23,26-27H,14-20H2,1-5H3,(H3,33,34,35,36,37,38). The zero-order chi connectivity index (χ0) is 27.8. The summed E-state index contributed by atoms with van der Waals surface area (Å²) in [6.45, 7) is 12.7. The molecule has 0 bridgehead atoms. The molecule has 0 radical (unpaired) electrons. The van der Waals surface area contributed by atoms with Gasteiger partial charge in [-0.1, -0.05) is 69.3 Å². The van der Waals surface area contributed by atoms with Gasteiger partial charge in [-0.2, -0.15) is 15.0 Å². The van der Waals surface area contributed by atoms with Crippen LogP contribution in [-0.4, -0.2) is 27.3 Å². The van der Waals surface area contributed by atoms with E-state index in [1.807, 2.05) is 18.2 Å². The number of carbonyl (C=O) groups excluding carboxylic acids is 1. The smallest absolute Gasteiger partial charge is 0.229 e. The second kappa shape index (κ2) is 13.5. The first-order valence-electron chi connectivity index (χ1n) is 14.4. The lowest BCUT2D eigenvalue weighted by molar-refractivity contribution is -0.128. The third-order valence-corrected chi connectivity index (χ3v) is 8.33. The maximum absolute atomic E-state index is 12.8. The minimum Gasteiger partial charge on any atom is -0.354 e. The van der Waals surface area contributed by atoms with Gasteiger partial charge in [-0.25, -0.2) is 0 Å². The van der Waals surface area contributed by atoms with Crippen molar-refractivity contribution in [2.45, 2.75) is 73.4 Å². The van der Waals surface area contributed by atoms with Crippen molar-refractivity contribution in [2.24, 2.45) is 23.7 Å². The Hall–Kier alpha value is -3.48. The molecule has 1 atom stereocenters.